The summed E-state index contributed by atoms with van der Waals surface area (Å²) in [6, 6.07) is 5.57. The average molecular weight is 305 g/mol. The monoisotopic (exact) mass is 305 g/mol. The van der Waals surface area contributed by atoms with Gasteiger partial charge in [-0.25, -0.2) is 9.78 Å². The number of carbonyl (C=O) groups is 1. The molecule has 6 heteroatoms. The second kappa shape index (κ2) is 6.41. The molecule has 0 radical (unpaired) electrons. The number of ether oxygens (including phenoxy) is 2. The lowest BCUT2D eigenvalue weighted by molar-refractivity contribution is -0.131. The van der Waals surface area contributed by atoms with E-state index in [9.17, 15) is 4.79 Å². The predicted molar refractivity (Wildman–Crippen MR) is 82.1 cm³/mol. The van der Waals surface area contributed by atoms with Crippen molar-refractivity contribution < 1.29 is 19.4 Å². The molecule has 1 aromatic carbocycles. The molecule has 0 aliphatic carbocycles. The van der Waals surface area contributed by atoms with Crippen molar-refractivity contribution in [1.29, 1.82) is 0 Å². The van der Waals surface area contributed by atoms with Crippen LogP contribution in [0.25, 0.3) is 16.6 Å². The Morgan fingerprint density at radius 1 is 1.33 bits per heavy atom. The molecule has 0 fully saturated rings. The lowest BCUT2D eigenvalue weighted by Gasteiger charge is -2.10. The number of benzene rings is 1. The minimum Gasteiger partial charge on any atom is -0.493 e. The second-order valence-electron chi connectivity index (χ2n) is 4.18. The van der Waals surface area contributed by atoms with Gasteiger partial charge in [0, 0.05) is 6.08 Å². The van der Waals surface area contributed by atoms with Crippen molar-refractivity contribution in [3.63, 3.8) is 0 Å². The highest BCUT2D eigenvalue weighted by Gasteiger charge is 2.15. The molecule has 0 amide bonds. The van der Waals surface area contributed by atoms with Crippen molar-refractivity contribution in [2.75, 3.05) is 14.2 Å². The van der Waals surface area contributed by atoms with E-state index in [-0.39, 0.29) is 0 Å². The van der Waals surface area contributed by atoms with Crippen LogP contribution < -0.4 is 9.47 Å². The maximum atomic E-state index is 10.6. The highest BCUT2D eigenvalue weighted by molar-refractivity contribution is 7.16. The normalized spacial score (nSPS) is 10.8. The van der Waals surface area contributed by atoms with E-state index in [2.05, 4.69) is 4.98 Å². The van der Waals surface area contributed by atoms with Crippen molar-refractivity contribution in [3.8, 4) is 22.1 Å². The maximum absolute atomic E-state index is 10.6. The SMILES string of the molecule is COc1cccc(-c2nc(C)c(/C=C/C(=O)O)s2)c1OC. The fourth-order valence-electron chi connectivity index (χ4n) is 1.88. The van der Waals surface area contributed by atoms with Crippen LogP contribution in [-0.2, 0) is 4.79 Å². The number of thiazole rings is 1. The van der Waals surface area contributed by atoms with Gasteiger partial charge < -0.3 is 14.6 Å². The number of nitrogens with zero attached hydrogens (tertiary/aromatic N) is 1. The van der Waals surface area contributed by atoms with Crippen molar-refractivity contribution in [1.82, 2.24) is 4.98 Å². The number of aliphatic carboxylic acids is 1. The van der Waals surface area contributed by atoms with Crippen molar-refractivity contribution >= 4 is 23.4 Å². The van der Waals surface area contributed by atoms with E-state index in [0.717, 1.165) is 27.2 Å². The van der Waals surface area contributed by atoms with Crippen LogP contribution in [0.15, 0.2) is 24.3 Å². The van der Waals surface area contributed by atoms with Crippen LogP contribution in [-0.4, -0.2) is 30.3 Å². The van der Waals surface area contributed by atoms with Crippen LogP contribution in [0.4, 0.5) is 0 Å². The van der Waals surface area contributed by atoms with Crippen LogP contribution >= 0.6 is 11.3 Å². The summed E-state index contributed by atoms with van der Waals surface area (Å²) in [6.07, 6.45) is 2.65. The molecular formula is C15H15NO4S. The third-order valence-electron chi connectivity index (χ3n) is 2.84. The topological polar surface area (TPSA) is 68.7 Å². The molecule has 0 saturated carbocycles. The first kappa shape index (κ1) is 15.1. The number of carboxylic acid groups (broad SMARTS) is 1. The summed E-state index contributed by atoms with van der Waals surface area (Å²) in [7, 11) is 3.16. The number of rotatable bonds is 5. The largest absolute Gasteiger partial charge is 0.493 e. The lowest BCUT2D eigenvalue weighted by Crippen LogP contribution is -1.92. The highest BCUT2D eigenvalue weighted by atomic mass is 32.1. The molecule has 0 bridgehead atoms. The molecule has 0 unspecified atom stereocenters. The number of carboxylic acids is 1. The summed E-state index contributed by atoms with van der Waals surface area (Å²) in [5.74, 6) is 0.260. The van der Waals surface area contributed by atoms with E-state index in [1.54, 1.807) is 20.3 Å². The van der Waals surface area contributed by atoms with Gasteiger partial charge >= 0.3 is 5.97 Å². The Bertz CT molecular complexity index is 691. The third kappa shape index (κ3) is 3.22. The standard InChI is InChI=1S/C15H15NO4S/c1-9-12(7-8-13(17)18)21-15(16-9)10-5-4-6-11(19-2)14(10)20-3/h4-8H,1-3H3,(H,17,18)/b8-7+. The number of hydrogen-bond donors (Lipinski definition) is 1. The molecule has 2 aromatic rings. The van der Waals surface area contributed by atoms with E-state index >= 15 is 0 Å². The lowest BCUT2D eigenvalue weighted by atomic mass is 10.2. The molecule has 0 aliphatic rings. The zero-order valence-corrected chi connectivity index (χ0v) is 12.7. The van der Waals surface area contributed by atoms with Gasteiger partial charge in [-0.2, -0.15) is 0 Å². The van der Waals surface area contributed by atoms with Gasteiger partial charge in [0.1, 0.15) is 5.01 Å². The van der Waals surface area contributed by atoms with Gasteiger partial charge in [-0.3, -0.25) is 0 Å². The molecule has 0 saturated heterocycles. The van der Waals surface area contributed by atoms with Gasteiger partial charge in [0.2, 0.25) is 0 Å². The van der Waals surface area contributed by atoms with Crippen molar-refractivity contribution in [2.45, 2.75) is 6.92 Å². The number of para-hydroxylation sites is 1. The van der Waals surface area contributed by atoms with Crippen molar-refractivity contribution in [3.05, 3.63) is 34.8 Å². The minimum absolute atomic E-state index is 0.613. The zero-order valence-electron chi connectivity index (χ0n) is 11.9. The zero-order chi connectivity index (χ0) is 15.4. The number of methoxy groups -OCH3 is 2. The molecule has 21 heavy (non-hydrogen) atoms. The van der Waals surface area contributed by atoms with Crippen LogP contribution in [0.1, 0.15) is 10.6 Å². The van der Waals surface area contributed by atoms with Crippen LogP contribution in [0.2, 0.25) is 0 Å². The average Bonchev–Trinajstić information content (AvgIpc) is 2.85. The Balaban J connectivity index is 2.48. The Morgan fingerprint density at radius 2 is 2.10 bits per heavy atom. The van der Waals surface area contributed by atoms with E-state index < -0.39 is 5.97 Å². The highest BCUT2D eigenvalue weighted by Crippen LogP contribution is 2.40. The summed E-state index contributed by atoms with van der Waals surface area (Å²) < 4.78 is 10.7. The summed E-state index contributed by atoms with van der Waals surface area (Å²) in [4.78, 5) is 15.9. The van der Waals surface area contributed by atoms with Gasteiger partial charge in [-0.1, -0.05) is 6.07 Å². The van der Waals surface area contributed by atoms with Gasteiger partial charge in [-0.05, 0) is 25.1 Å². The summed E-state index contributed by atoms with van der Waals surface area (Å²) in [5.41, 5.74) is 1.59. The summed E-state index contributed by atoms with van der Waals surface area (Å²) in [6.45, 7) is 1.84. The summed E-state index contributed by atoms with van der Waals surface area (Å²) >= 11 is 1.41. The van der Waals surface area contributed by atoms with E-state index in [1.165, 1.54) is 11.3 Å². The number of aryl methyl sites for hydroxylation is 1. The Labute approximate surface area is 126 Å². The molecule has 1 N–H and O–H groups in total. The summed E-state index contributed by atoms with van der Waals surface area (Å²) in [5, 5.41) is 9.46. The first-order chi connectivity index (χ1) is 10.1. The molecule has 0 aliphatic heterocycles. The predicted octanol–water partition coefficient (Wildman–Crippen LogP) is 3.23. The van der Waals surface area contributed by atoms with Gasteiger partial charge in [-0.15, -0.1) is 11.3 Å². The van der Waals surface area contributed by atoms with Crippen LogP contribution in [0.5, 0.6) is 11.5 Å². The molecule has 2 rings (SSSR count). The molecular weight excluding hydrogens is 290 g/mol. The number of aromatic nitrogens is 1. The van der Waals surface area contributed by atoms with E-state index in [1.807, 2.05) is 25.1 Å². The fourth-order valence-corrected chi connectivity index (χ4v) is 2.87. The first-order valence-electron chi connectivity index (χ1n) is 6.16. The molecule has 1 aromatic heterocycles. The number of hydrogen-bond acceptors (Lipinski definition) is 5. The van der Waals surface area contributed by atoms with E-state index in [0.29, 0.717) is 11.5 Å². The molecule has 110 valence electrons. The van der Waals surface area contributed by atoms with Crippen LogP contribution in [0.3, 0.4) is 0 Å². The molecule has 5 nitrogen and oxygen atoms in total. The fraction of sp³-hybridized carbons (Fsp3) is 0.200. The maximum Gasteiger partial charge on any atom is 0.328 e. The quantitative estimate of drug-likeness (QED) is 0.859. The van der Waals surface area contributed by atoms with Gasteiger partial charge in [0.05, 0.1) is 30.4 Å². The second-order valence-corrected chi connectivity index (χ2v) is 5.21. The Morgan fingerprint density at radius 3 is 2.71 bits per heavy atom. The third-order valence-corrected chi connectivity index (χ3v) is 4.00. The Kier molecular flexibility index (Phi) is 4.59. The first-order valence-corrected chi connectivity index (χ1v) is 6.98. The van der Waals surface area contributed by atoms with Crippen molar-refractivity contribution in [2.24, 2.45) is 0 Å². The van der Waals surface area contributed by atoms with E-state index in [4.69, 9.17) is 14.6 Å². The van der Waals surface area contributed by atoms with Gasteiger partial charge in [0.15, 0.2) is 11.5 Å². The Hall–Kier alpha value is -2.34. The van der Waals surface area contributed by atoms with Crippen LogP contribution in [0, 0.1) is 6.92 Å². The minimum atomic E-state index is -0.983. The van der Waals surface area contributed by atoms with Gasteiger partial charge in [0.25, 0.3) is 0 Å². The molecule has 0 spiro atoms. The molecule has 1 heterocycles. The smallest absolute Gasteiger partial charge is 0.328 e. The molecule has 0 atom stereocenters.